The van der Waals surface area contributed by atoms with Crippen LogP contribution in [-0.2, 0) is 4.79 Å². The van der Waals surface area contributed by atoms with Gasteiger partial charge in [-0.15, -0.1) is 0 Å². The summed E-state index contributed by atoms with van der Waals surface area (Å²) in [5.41, 5.74) is -0.156. The highest BCUT2D eigenvalue weighted by Gasteiger charge is 2.19. The largest absolute Gasteiger partial charge is 0.387 e. The Morgan fingerprint density at radius 3 is 3.00 bits per heavy atom. The normalized spacial score (nSPS) is 14.4. The first-order valence-electron chi connectivity index (χ1n) is 5.62. The molecule has 18 heavy (non-hydrogen) atoms. The molecule has 0 saturated carbocycles. The van der Waals surface area contributed by atoms with Crippen LogP contribution in [0.15, 0.2) is 30.5 Å². The van der Waals surface area contributed by atoms with Gasteiger partial charge in [-0.1, -0.05) is 6.07 Å². The number of hydrogen-bond donors (Lipinski definition) is 2. The second kappa shape index (κ2) is 7.18. The van der Waals surface area contributed by atoms with E-state index in [4.69, 9.17) is 0 Å². The highest BCUT2D eigenvalue weighted by molar-refractivity contribution is 7.98. The molecular formula is C13H18N2O2S. The SMILES string of the molecule is CSCC(C)(O)CNC(=O)/C=C/c1ccccn1. The second-order valence-corrected chi connectivity index (χ2v) is 5.10. The van der Waals surface area contributed by atoms with E-state index in [0.29, 0.717) is 5.75 Å². The summed E-state index contributed by atoms with van der Waals surface area (Å²) in [5, 5.41) is 12.5. The van der Waals surface area contributed by atoms with Crippen molar-refractivity contribution in [2.24, 2.45) is 0 Å². The van der Waals surface area contributed by atoms with E-state index in [9.17, 15) is 9.90 Å². The second-order valence-electron chi connectivity index (χ2n) is 4.24. The Labute approximate surface area is 112 Å². The average Bonchev–Trinajstić information content (AvgIpc) is 2.35. The monoisotopic (exact) mass is 266 g/mol. The zero-order valence-electron chi connectivity index (χ0n) is 10.6. The molecule has 0 aliphatic rings. The molecule has 0 radical (unpaired) electrons. The Kier molecular flexibility index (Phi) is 5.88. The summed E-state index contributed by atoms with van der Waals surface area (Å²) in [7, 11) is 0. The van der Waals surface area contributed by atoms with E-state index >= 15 is 0 Å². The van der Waals surface area contributed by atoms with Crippen molar-refractivity contribution in [3.63, 3.8) is 0 Å². The number of hydrogen-bond acceptors (Lipinski definition) is 4. The van der Waals surface area contributed by atoms with Crippen LogP contribution in [0.3, 0.4) is 0 Å². The lowest BCUT2D eigenvalue weighted by atomic mass is 10.1. The van der Waals surface area contributed by atoms with Gasteiger partial charge in [0.1, 0.15) is 0 Å². The molecule has 0 bridgehead atoms. The number of thioether (sulfide) groups is 1. The summed E-state index contributed by atoms with van der Waals surface area (Å²) in [4.78, 5) is 15.6. The van der Waals surface area contributed by atoms with Crippen molar-refractivity contribution in [3.05, 3.63) is 36.2 Å². The summed E-state index contributed by atoms with van der Waals surface area (Å²) in [6.07, 6.45) is 6.63. The molecule has 1 rings (SSSR count). The van der Waals surface area contributed by atoms with E-state index in [1.165, 1.54) is 6.08 Å². The fourth-order valence-corrected chi connectivity index (χ4v) is 2.06. The predicted molar refractivity (Wildman–Crippen MR) is 75.3 cm³/mol. The van der Waals surface area contributed by atoms with Crippen LogP contribution in [0.4, 0.5) is 0 Å². The topological polar surface area (TPSA) is 62.2 Å². The summed E-state index contributed by atoms with van der Waals surface area (Å²) >= 11 is 1.54. The van der Waals surface area contributed by atoms with Gasteiger partial charge in [-0.25, -0.2) is 0 Å². The van der Waals surface area contributed by atoms with Crippen LogP contribution in [0.25, 0.3) is 6.08 Å². The third-order valence-electron chi connectivity index (χ3n) is 2.19. The molecule has 5 heteroatoms. The van der Waals surface area contributed by atoms with Gasteiger partial charge in [0.15, 0.2) is 0 Å². The van der Waals surface area contributed by atoms with Gasteiger partial charge in [0.25, 0.3) is 0 Å². The van der Waals surface area contributed by atoms with Crippen LogP contribution >= 0.6 is 11.8 Å². The summed E-state index contributed by atoms with van der Waals surface area (Å²) in [5.74, 6) is 0.346. The van der Waals surface area contributed by atoms with Crippen LogP contribution in [0.1, 0.15) is 12.6 Å². The third kappa shape index (κ3) is 5.84. The maximum Gasteiger partial charge on any atom is 0.244 e. The smallest absolute Gasteiger partial charge is 0.244 e. The minimum atomic E-state index is -0.881. The van der Waals surface area contributed by atoms with Gasteiger partial charge < -0.3 is 10.4 Å². The Morgan fingerprint density at radius 2 is 2.39 bits per heavy atom. The first-order chi connectivity index (χ1) is 8.53. The van der Waals surface area contributed by atoms with Crippen LogP contribution in [0.2, 0.25) is 0 Å². The fourth-order valence-electron chi connectivity index (χ4n) is 1.33. The van der Waals surface area contributed by atoms with E-state index in [0.717, 1.165) is 5.69 Å². The number of nitrogens with one attached hydrogen (secondary N) is 1. The Bertz CT molecular complexity index is 405. The average molecular weight is 266 g/mol. The van der Waals surface area contributed by atoms with Gasteiger partial charge >= 0.3 is 0 Å². The Hall–Kier alpha value is -1.33. The van der Waals surface area contributed by atoms with Gasteiger partial charge in [0.2, 0.25) is 5.91 Å². The highest BCUT2D eigenvalue weighted by Crippen LogP contribution is 2.08. The fraction of sp³-hybridized carbons (Fsp3) is 0.385. The molecular weight excluding hydrogens is 248 g/mol. The maximum atomic E-state index is 11.5. The Morgan fingerprint density at radius 1 is 1.61 bits per heavy atom. The predicted octanol–water partition coefficient (Wildman–Crippen LogP) is 1.33. The summed E-state index contributed by atoms with van der Waals surface area (Å²) in [6, 6.07) is 5.48. The van der Waals surface area contributed by atoms with E-state index in [-0.39, 0.29) is 12.5 Å². The molecule has 0 spiro atoms. The lowest BCUT2D eigenvalue weighted by Gasteiger charge is -2.21. The van der Waals surface area contributed by atoms with Crippen LogP contribution in [-0.4, -0.2) is 40.2 Å². The minimum absolute atomic E-state index is 0.234. The molecule has 98 valence electrons. The molecule has 0 aromatic carbocycles. The van der Waals surface area contributed by atoms with E-state index < -0.39 is 5.60 Å². The maximum absolute atomic E-state index is 11.5. The minimum Gasteiger partial charge on any atom is -0.387 e. The molecule has 1 amide bonds. The molecule has 4 nitrogen and oxygen atoms in total. The standard InChI is InChI=1S/C13H18N2O2S/c1-13(17,10-18-2)9-15-12(16)7-6-11-5-3-4-8-14-11/h3-8,17H,9-10H2,1-2H3,(H,15,16)/b7-6+. The van der Waals surface area contributed by atoms with Crippen molar-refractivity contribution in [1.29, 1.82) is 0 Å². The van der Waals surface area contributed by atoms with Gasteiger partial charge in [-0.05, 0) is 31.4 Å². The van der Waals surface area contributed by atoms with Gasteiger partial charge in [-0.2, -0.15) is 11.8 Å². The number of aromatic nitrogens is 1. The lowest BCUT2D eigenvalue weighted by molar-refractivity contribution is -0.117. The van der Waals surface area contributed by atoms with Crippen molar-refractivity contribution >= 4 is 23.7 Å². The third-order valence-corrected chi connectivity index (χ3v) is 3.10. The number of nitrogens with zero attached hydrogens (tertiary/aromatic N) is 1. The number of aliphatic hydroxyl groups is 1. The van der Waals surface area contributed by atoms with Crippen molar-refractivity contribution < 1.29 is 9.90 Å². The number of pyridine rings is 1. The van der Waals surface area contributed by atoms with Gasteiger partial charge in [-0.3, -0.25) is 9.78 Å². The van der Waals surface area contributed by atoms with Crippen LogP contribution in [0.5, 0.6) is 0 Å². The van der Waals surface area contributed by atoms with E-state index in [1.54, 1.807) is 31.0 Å². The van der Waals surface area contributed by atoms with Crippen molar-refractivity contribution in [2.45, 2.75) is 12.5 Å². The zero-order valence-corrected chi connectivity index (χ0v) is 11.4. The van der Waals surface area contributed by atoms with Gasteiger partial charge in [0.05, 0.1) is 11.3 Å². The molecule has 1 heterocycles. The number of carbonyl (C=O) groups excluding carboxylic acids is 1. The van der Waals surface area contributed by atoms with E-state index in [1.807, 2.05) is 24.5 Å². The van der Waals surface area contributed by atoms with Crippen molar-refractivity contribution in [3.8, 4) is 0 Å². The molecule has 1 aromatic rings. The number of rotatable bonds is 6. The summed E-state index contributed by atoms with van der Waals surface area (Å²) in [6.45, 7) is 1.94. The van der Waals surface area contributed by atoms with Crippen molar-refractivity contribution in [2.75, 3.05) is 18.6 Å². The summed E-state index contributed by atoms with van der Waals surface area (Å²) < 4.78 is 0. The molecule has 0 saturated heterocycles. The van der Waals surface area contributed by atoms with Gasteiger partial charge in [0, 0.05) is 24.6 Å². The van der Waals surface area contributed by atoms with Crippen LogP contribution in [0, 0.1) is 0 Å². The quantitative estimate of drug-likeness (QED) is 0.762. The number of amides is 1. The zero-order chi connectivity index (χ0) is 13.4. The molecule has 2 N–H and O–H groups in total. The molecule has 1 atom stereocenters. The molecule has 1 aromatic heterocycles. The molecule has 0 aliphatic carbocycles. The Balaban J connectivity index is 2.41. The lowest BCUT2D eigenvalue weighted by Crippen LogP contribution is -2.41. The van der Waals surface area contributed by atoms with Crippen molar-refractivity contribution in [1.82, 2.24) is 10.3 Å². The molecule has 0 fully saturated rings. The molecule has 0 aliphatic heterocycles. The van der Waals surface area contributed by atoms with Crippen LogP contribution < -0.4 is 5.32 Å². The first kappa shape index (κ1) is 14.7. The molecule has 1 unspecified atom stereocenters. The highest BCUT2D eigenvalue weighted by atomic mass is 32.2. The first-order valence-corrected chi connectivity index (χ1v) is 7.01. The number of carbonyl (C=O) groups is 1. The van der Waals surface area contributed by atoms with E-state index in [2.05, 4.69) is 10.3 Å².